The van der Waals surface area contributed by atoms with Crippen molar-refractivity contribution in [3.63, 3.8) is 0 Å². The Kier molecular flexibility index (Phi) is 4.27. The lowest BCUT2D eigenvalue weighted by molar-refractivity contribution is -0.133. The summed E-state index contributed by atoms with van der Waals surface area (Å²) in [6.07, 6.45) is 0.758. The molecule has 5 nitrogen and oxygen atoms in total. The number of amides is 1. The summed E-state index contributed by atoms with van der Waals surface area (Å²) in [6.45, 7) is 4.40. The van der Waals surface area contributed by atoms with Crippen molar-refractivity contribution in [2.45, 2.75) is 20.3 Å². The van der Waals surface area contributed by atoms with Gasteiger partial charge in [0.1, 0.15) is 0 Å². The highest BCUT2D eigenvalue weighted by Crippen LogP contribution is 2.29. The largest absolute Gasteiger partial charge is 0.493 e. The van der Waals surface area contributed by atoms with Crippen molar-refractivity contribution in [3.8, 4) is 11.5 Å². The highest BCUT2D eigenvalue weighted by molar-refractivity contribution is 6.03. The molecule has 0 N–H and O–H groups in total. The summed E-state index contributed by atoms with van der Waals surface area (Å²) in [5.41, 5.74) is 1.86. The minimum Gasteiger partial charge on any atom is -0.493 e. The quantitative estimate of drug-likeness (QED) is 0.848. The highest BCUT2D eigenvalue weighted by atomic mass is 16.5. The molecule has 2 rings (SSSR count). The van der Waals surface area contributed by atoms with E-state index in [-0.39, 0.29) is 11.8 Å². The zero-order valence-corrected chi connectivity index (χ0v) is 12.3. The van der Waals surface area contributed by atoms with E-state index >= 15 is 0 Å². The van der Waals surface area contributed by atoms with E-state index in [9.17, 15) is 4.79 Å². The van der Waals surface area contributed by atoms with Crippen molar-refractivity contribution in [1.82, 2.24) is 5.01 Å². The van der Waals surface area contributed by atoms with Crippen LogP contribution in [0.3, 0.4) is 0 Å². The van der Waals surface area contributed by atoms with E-state index in [2.05, 4.69) is 5.10 Å². The van der Waals surface area contributed by atoms with Gasteiger partial charge in [0, 0.05) is 17.9 Å². The van der Waals surface area contributed by atoms with Crippen LogP contribution >= 0.6 is 0 Å². The molecular formula is C15H20N2O3. The molecule has 5 heteroatoms. The third kappa shape index (κ3) is 2.76. The number of carbonyl (C=O) groups excluding carboxylic acids is 1. The number of nitrogens with zero attached hydrogens (tertiary/aromatic N) is 2. The van der Waals surface area contributed by atoms with E-state index in [4.69, 9.17) is 9.47 Å². The second-order valence-corrected chi connectivity index (χ2v) is 4.98. The molecule has 0 saturated heterocycles. The molecule has 0 radical (unpaired) electrons. The summed E-state index contributed by atoms with van der Waals surface area (Å²) in [5.74, 6) is 1.37. The van der Waals surface area contributed by atoms with E-state index in [1.54, 1.807) is 19.2 Å². The summed E-state index contributed by atoms with van der Waals surface area (Å²) >= 11 is 0. The Morgan fingerprint density at radius 1 is 1.25 bits per heavy atom. The van der Waals surface area contributed by atoms with Crippen LogP contribution in [0.2, 0.25) is 0 Å². The molecule has 0 aromatic heterocycles. The maximum absolute atomic E-state index is 11.9. The number of methoxy groups -OCH3 is 2. The van der Waals surface area contributed by atoms with Gasteiger partial charge >= 0.3 is 0 Å². The fourth-order valence-electron chi connectivity index (χ4n) is 2.13. The van der Waals surface area contributed by atoms with Gasteiger partial charge < -0.3 is 9.47 Å². The van der Waals surface area contributed by atoms with Crippen LogP contribution in [-0.4, -0.2) is 37.4 Å². The number of hydrogen-bond donors (Lipinski definition) is 0. The van der Waals surface area contributed by atoms with Crippen molar-refractivity contribution < 1.29 is 14.3 Å². The fourth-order valence-corrected chi connectivity index (χ4v) is 2.13. The van der Waals surface area contributed by atoms with E-state index < -0.39 is 0 Å². The molecular weight excluding hydrogens is 256 g/mol. The molecule has 0 fully saturated rings. The number of ether oxygens (including phenoxy) is 2. The van der Waals surface area contributed by atoms with Crippen LogP contribution in [0, 0.1) is 5.92 Å². The van der Waals surface area contributed by atoms with E-state index in [0.717, 1.165) is 17.7 Å². The third-order valence-corrected chi connectivity index (χ3v) is 3.27. The summed E-state index contributed by atoms with van der Waals surface area (Å²) in [7, 11) is 3.21. The monoisotopic (exact) mass is 276 g/mol. The average Bonchev–Trinajstić information content (AvgIpc) is 2.95. The van der Waals surface area contributed by atoms with Gasteiger partial charge in [0.15, 0.2) is 11.5 Å². The van der Waals surface area contributed by atoms with Crippen LogP contribution < -0.4 is 9.47 Å². The number of rotatable bonds is 4. The van der Waals surface area contributed by atoms with Gasteiger partial charge in [-0.15, -0.1) is 0 Å². The first kappa shape index (κ1) is 14.4. The first-order chi connectivity index (χ1) is 9.56. The Labute approximate surface area is 119 Å². The number of hydrazone groups is 1. The van der Waals surface area contributed by atoms with Crippen molar-refractivity contribution in [1.29, 1.82) is 0 Å². The highest BCUT2D eigenvalue weighted by Gasteiger charge is 2.23. The van der Waals surface area contributed by atoms with Crippen LogP contribution in [0.25, 0.3) is 0 Å². The Hall–Kier alpha value is -2.04. The van der Waals surface area contributed by atoms with Crippen molar-refractivity contribution in [3.05, 3.63) is 23.8 Å². The smallest absolute Gasteiger partial charge is 0.245 e. The lowest BCUT2D eigenvalue weighted by atomic mass is 10.1. The molecule has 0 unspecified atom stereocenters. The molecule has 1 aromatic rings. The SMILES string of the molecule is COc1ccc(C2=NN(C(=O)C(C)C)CC2)cc1OC. The zero-order valence-electron chi connectivity index (χ0n) is 12.3. The second-order valence-electron chi connectivity index (χ2n) is 4.98. The molecule has 1 aliphatic heterocycles. The molecule has 0 aliphatic carbocycles. The van der Waals surface area contributed by atoms with Gasteiger partial charge in [-0.2, -0.15) is 5.10 Å². The third-order valence-electron chi connectivity index (χ3n) is 3.27. The minimum absolute atomic E-state index is 0.0384. The Morgan fingerprint density at radius 2 is 1.95 bits per heavy atom. The van der Waals surface area contributed by atoms with Gasteiger partial charge in [0.25, 0.3) is 0 Å². The number of carbonyl (C=O) groups is 1. The van der Waals surface area contributed by atoms with Crippen LogP contribution in [0.4, 0.5) is 0 Å². The molecule has 1 aromatic carbocycles. The van der Waals surface area contributed by atoms with Crippen LogP contribution in [0.1, 0.15) is 25.8 Å². The molecule has 0 saturated carbocycles. The maximum Gasteiger partial charge on any atom is 0.245 e. The van der Waals surface area contributed by atoms with Gasteiger partial charge in [0.05, 0.1) is 26.5 Å². The first-order valence-corrected chi connectivity index (χ1v) is 6.68. The minimum atomic E-state index is -0.0384. The Morgan fingerprint density at radius 3 is 2.55 bits per heavy atom. The normalized spacial score (nSPS) is 14.4. The predicted octanol–water partition coefficient (Wildman–Crippen LogP) is 2.30. The van der Waals surface area contributed by atoms with E-state index in [1.807, 2.05) is 32.0 Å². The molecule has 20 heavy (non-hydrogen) atoms. The van der Waals surface area contributed by atoms with Crippen molar-refractivity contribution >= 4 is 11.6 Å². The predicted molar refractivity (Wildman–Crippen MR) is 77.3 cm³/mol. The van der Waals surface area contributed by atoms with Gasteiger partial charge in [-0.3, -0.25) is 4.79 Å². The first-order valence-electron chi connectivity index (χ1n) is 6.68. The molecule has 0 spiro atoms. The standard InChI is InChI=1S/C15H20N2O3/c1-10(2)15(18)17-8-7-12(16-17)11-5-6-13(19-3)14(9-11)20-4/h5-6,9-10H,7-8H2,1-4H3. The lowest BCUT2D eigenvalue weighted by Crippen LogP contribution is -2.27. The number of benzene rings is 1. The van der Waals surface area contributed by atoms with Gasteiger partial charge in [-0.25, -0.2) is 5.01 Å². The summed E-state index contributed by atoms with van der Waals surface area (Å²) in [4.78, 5) is 11.9. The number of hydrogen-bond acceptors (Lipinski definition) is 4. The zero-order chi connectivity index (χ0) is 14.7. The maximum atomic E-state index is 11.9. The Bertz CT molecular complexity index is 538. The summed E-state index contributed by atoms with van der Waals surface area (Å²) in [6, 6.07) is 5.67. The average molecular weight is 276 g/mol. The molecule has 1 amide bonds. The molecule has 0 bridgehead atoms. The molecule has 0 atom stereocenters. The van der Waals surface area contributed by atoms with Gasteiger partial charge in [0.2, 0.25) is 5.91 Å². The fraction of sp³-hybridized carbons (Fsp3) is 0.467. The Balaban J connectivity index is 2.25. The van der Waals surface area contributed by atoms with E-state index in [0.29, 0.717) is 18.0 Å². The topological polar surface area (TPSA) is 51.1 Å². The molecule has 108 valence electrons. The second kappa shape index (κ2) is 5.94. The van der Waals surface area contributed by atoms with Gasteiger partial charge in [-0.1, -0.05) is 13.8 Å². The summed E-state index contributed by atoms with van der Waals surface area (Å²) in [5, 5.41) is 5.97. The lowest BCUT2D eigenvalue weighted by Gasteiger charge is -2.13. The molecule has 1 heterocycles. The van der Waals surface area contributed by atoms with Crippen LogP contribution in [-0.2, 0) is 4.79 Å². The van der Waals surface area contributed by atoms with Crippen LogP contribution in [0.15, 0.2) is 23.3 Å². The van der Waals surface area contributed by atoms with Gasteiger partial charge in [-0.05, 0) is 18.2 Å². The van der Waals surface area contributed by atoms with E-state index in [1.165, 1.54) is 0 Å². The molecule has 1 aliphatic rings. The van der Waals surface area contributed by atoms with Crippen LogP contribution in [0.5, 0.6) is 11.5 Å². The summed E-state index contributed by atoms with van der Waals surface area (Å²) < 4.78 is 10.5. The van der Waals surface area contributed by atoms with Crippen molar-refractivity contribution in [2.75, 3.05) is 20.8 Å². The van der Waals surface area contributed by atoms with Crippen molar-refractivity contribution in [2.24, 2.45) is 11.0 Å².